The highest BCUT2D eigenvalue weighted by Crippen LogP contribution is 2.37. The number of ketones is 2. The number of fused-ring (bicyclic) bond motifs is 2. The lowest BCUT2D eigenvalue weighted by Gasteiger charge is -2.13. The van der Waals surface area contributed by atoms with Crippen LogP contribution in [-0.4, -0.2) is 11.6 Å². The summed E-state index contributed by atoms with van der Waals surface area (Å²) in [5.74, 6) is 3.81. The van der Waals surface area contributed by atoms with Gasteiger partial charge in [0.05, 0.1) is 0 Å². The van der Waals surface area contributed by atoms with E-state index in [1.165, 1.54) is 10.9 Å². The molecule has 0 aliphatic carbocycles. The lowest BCUT2D eigenvalue weighted by atomic mass is 10.0. The van der Waals surface area contributed by atoms with E-state index < -0.39 is 0 Å². The molecule has 0 spiro atoms. The largest absolute Gasteiger partial charge is 0.457 e. The third-order valence-corrected chi connectivity index (χ3v) is 9.27. The van der Waals surface area contributed by atoms with Gasteiger partial charge in [-0.25, -0.2) is 0 Å². The van der Waals surface area contributed by atoms with Crippen LogP contribution in [0.2, 0.25) is 0 Å². The molecule has 0 atom stereocenters. The molecule has 0 aliphatic rings. The Bertz CT molecular complexity index is 2600. The van der Waals surface area contributed by atoms with Crippen LogP contribution in [0, 0.1) is 13.8 Å². The minimum Gasteiger partial charge on any atom is -0.457 e. The van der Waals surface area contributed by atoms with Gasteiger partial charge in [-0.2, -0.15) is 0 Å². The first-order valence-corrected chi connectivity index (χ1v) is 17.4. The molecule has 0 bridgehead atoms. The van der Waals surface area contributed by atoms with Gasteiger partial charge in [0, 0.05) is 33.0 Å². The van der Waals surface area contributed by atoms with Gasteiger partial charge in [0.15, 0.2) is 11.6 Å². The molecule has 0 amide bonds. The monoisotopic (exact) mass is 690 g/mol. The van der Waals surface area contributed by atoms with Crippen molar-refractivity contribution in [2.45, 2.75) is 13.8 Å². The maximum absolute atomic E-state index is 13.3. The van der Waals surface area contributed by atoms with E-state index in [9.17, 15) is 9.59 Å². The fraction of sp³-hybridized carbons (Fsp3) is 0.0417. The zero-order valence-corrected chi connectivity index (χ0v) is 29.2. The van der Waals surface area contributed by atoms with Crippen molar-refractivity contribution in [3.8, 4) is 34.5 Å². The molecule has 0 fully saturated rings. The molecule has 0 aliphatic heterocycles. The van der Waals surface area contributed by atoms with Crippen molar-refractivity contribution in [1.29, 1.82) is 0 Å². The summed E-state index contributed by atoms with van der Waals surface area (Å²) in [6.07, 6.45) is 0. The first kappa shape index (κ1) is 33.2. The molecule has 8 aromatic carbocycles. The highest BCUT2D eigenvalue weighted by Gasteiger charge is 2.14. The minimum absolute atomic E-state index is 0.0340. The summed E-state index contributed by atoms with van der Waals surface area (Å²) >= 11 is 0. The molecule has 53 heavy (non-hydrogen) atoms. The summed E-state index contributed by atoms with van der Waals surface area (Å²) in [6, 6.07) is 52.9. The van der Waals surface area contributed by atoms with Crippen LogP contribution in [0.3, 0.4) is 0 Å². The quantitative estimate of drug-likeness (QED) is 0.134. The van der Waals surface area contributed by atoms with Crippen molar-refractivity contribution in [2.75, 3.05) is 0 Å². The minimum atomic E-state index is -0.0937. The molecule has 5 nitrogen and oxygen atoms in total. The molecule has 256 valence electrons. The van der Waals surface area contributed by atoms with Crippen LogP contribution in [0.25, 0.3) is 21.5 Å². The molecule has 8 aromatic rings. The number of aryl methyl sites for hydroxylation is 2. The maximum atomic E-state index is 13.3. The third kappa shape index (κ3) is 7.14. The van der Waals surface area contributed by atoms with Gasteiger partial charge in [-0.3, -0.25) is 9.59 Å². The van der Waals surface area contributed by atoms with Crippen LogP contribution in [0.1, 0.15) is 43.0 Å². The van der Waals surface area contributed by atoms with Crippen LogP contribution in [0.15, 0.2) is 170 Å². The Morgan fingerprint density at radius 1 is 0.377 bits per heavy atom. The lowest BCUT2D eigenvalue weighted by molar-refractivity contribution is 0.103. The highest BCUT2D eigenvalue weighted by molar-refractivity contribution is 6.09. The Hall–Kier alpha value is -6.98. The first-order valence-electron chi connectivity index (χ1n) is 17.4. The second kappa shape index (κ2) is 14.3. The van der Waals surface area contributed by atoms with Gasteiger partial charge in [-0.05, 0) is 127 Å². The van der Waals surface area contributed by atoms with E-state index in [1.807, 2.05) is 97.9 Å². The topological polar surface area (TPSA) is 61.8 Å². The summed E-state index contributed by atoms with van der Waals surface area (Å²) in [6.45, 7) is 4.09. The predicted molar refractivity (Wildman–Crippen MR) is 210 cm³/mol. The molecule has 8 rings (SSSR count). The number of ether oxygens (including phenoxy) is 3. The van der Waals surface area contributed by atoms with E-state index in [-0.39, 0.29) is 11.6 Å². The van der Waals surface area contributed by atoms with Crippen LogP contribution < -0.4 is 14.2 Å². The van der Waals surface area contributed by atoms with Crippen molar-refractivity contribution in [2.24, 2.45) is 0 Å². The SMILES string of the molecule is Cc1ccc(C(=O)c2ccc(Oc3cccc4c(Oc5ccc(C(=O)c6ccc(Oc7ccc8c(C)cccc8c7)cc6)cc5)cccc34)cc2)cc1. The number of carbonyl (C=O) groups is 2. The normalized spacial score (nSPS) is 11.0. The number of hydrogen-bond acceptors (Lipinski definition) is 5. The number of benzene rings is 8. The lowest BCUT2D eigenvalue weighted by Crippen LogP contribution is -2.01. The first-order chi connectivity index (χ1) is 25.9. The molecule has 0 unspecified atom stereocenters. The van der Waals surface area contributed by atoms with Gasteiger partial charge in [0.2, 0.25) is 0 Å². The maximum Gasteiger partial charge on any atom is 0.193 e. The van der Waals surface area contributed by atoms with Crippen molar-refractivity contribution in [3.05, 3.63) is 203 Å². The second-order valence-corrected chi connectivity index (χ2v) is 13.0. The second-order valence-electron chi connectivity index (χ2n) is 13.0. The summed E-state index contributed by atoms with van der Waals surface area (Å²) in [5, 5.41) is 4.06. The number of hydrogen-bond donors (Lipinski definition) is 0. The van der Waals surface area contributed by atoms with E-state index in [2.05, 4.69) is 25.1 Å². The average Bonchev–Trinajstić information content (AvgIpc) is 3.19. The molecular weight excluding hydrogens is 657 g/mol. The fourth-order valence-corrected chi connectivity index (χ4v) is 6.37. The zero-order chi connectivity index (χ0) is 36.3. The molecule has 0 radical (unpaired) electrons. The van der Waals surface area contributed by atoms with Gasteiger partial charge in [-0.15, -0.1) is 0 Å². The van der Waals surface area contributed by atoms with Gasteiger partial charge >= 0.3 is 0 Å². The van der Waals surface area contributed by atoms with E-state index in [0.29, 0.717) is 51.0 Å². The summed E-state index contributed by atoms with van der Waals surface area (Å²) in [5.41, 5.74) is 4.69. The summed E-state index contributed by atoms with van der Waals surface area (Å²) < 4.78 is 18.7. The van der Waals surface area contributed by atoms with Gasteiger partial charge in [0.1, 0.15) is 34.5 Å². The smallest absolute Gasteiger partial charge is 0.193 e. The molecule has 0 saturated carbocycles. The Kier molecular flexibility index (Phi) is 8.97. The van der Waals surface area contributed by atoms with Gasteiger partial charge in [-0.1, -0.05) is 78.4 Å². The molecule has 0 aromatic heterocycles. The molecule has 0 N–H and O–H groups in total. The van der Waals surface area contributed by atoms with E-state index >= 15 is 0 Å². The fourth-order valence-electron chi connectivity index (χ4n) is 6.37. The van der Waals surface area contributed by atoms with E-state index in [0.717, 1.165) is 27.5 Å². The Labute approximate surface area is 307 Å². The standard InChI is InChI=1S/C48H34O5/c1-31-12-14-33(15-13-31)47(49)35-18-24-39(25-19-35)52-45-10-4-9-44-43(45)8-5-11-46(44)53-40-26-20-36(21-27-40)48(50)34-16-22-38(23-17-34)51-41-28-29-42-32(2)6-3-7-37(42)30-41/h3-30H,1-2H3. The Morgan fingerprint density at radius 3 is 1.28 bits per heavy atom. The van der Waals surface area contributed by atoms with Crippen LogP contribution in [0.5, 0.6) is 34.5 Å². The Morgan fingerprint density at radius 2 is 0.792 bits per heavy atom. The predicted octanol–water partition coefficient (Wildman–Crippen LogP) is 12.4. The van der Waals surface area contributed by atoms with Crippen molar-refractivity contribution < 1.29 is 23.8 Å². The Balaban J connectivity index is 0.931. The molecule has 5 heteroatoms. The van der Waals surface area contributed by atoms with Gasteiger partial charge in [0.25, 0.3) is 0 Å². The van der Waals surface area contributed by atoms with E-state index in [4.69, 9.17) is 14.2 Å². The summed E-state index contributed by atoms with van der Waals surface area (Å²) in [4.78, 5) is 26.3. The third-order valence-electron chi connectivity index (χ3n) is 9.27. The average molecular weight is 691 g/mol. The van der Waals surface area contributed by atoms with Gasteiger partial charge < -0.3 is 14.2 Å². The van der Waals surface area contributed by atoms with Crippen molar-refractivity contribution in [3.63, 3.8) is 0 Å². The number of rotatable bonds is 10. The number of carbonyl (C=O) groups excluding carboxylic acids is 2. The zero-order valence-electron chi connectivity index (χ0n) is 29.2. The summed E-state index contributed by atoms with van der Waals surface area (Å²) in [7, 11) is 0. The molecule has 0 heterocycles. The van der Waals surface area contributed by atoms with Crippen LogP contribution in [0.4, 0.5) is 0 Å². The molecule has 0 saturated heterocycles. The highest BCUT2D eigenvalue weighted by atomic mass is 16.5. The molecular formula is C48H34O5. The van der Waals surface area contributed by atoms with Crippen LogP contribution in [-0.2, 0) is 0 Å². The van der Waals surface area contributed by atoms with Crippen molar-refractivity contribution >= 4 is 33.1 Å². The van der Waals surface area contributed by atoms with Crippen molar-refractivity contribution in [1.82, 2.24) is 0 Å². The van der Waals surface area contributed by atoms with E-state index in [1.54, 1.807) is 60.7 Å². The van der Waals surface area contributed by atoms with Crippen LogP contribution >= 0.6 is 0 Å².